The van der Waals surface area contributed by atoms with Gasteiger partial charge in [0.1, 0.15) is 5.76 Å². The molecule has 2 aliphatic carbocycles. The first-order valence-electron chi connectivity index (χ1n) is 9.55. The lowest BCUT2D eigenvalue weighted by atomic mass is 9.80. The van der Waals surface area contributed by atoms with Crippen molar-refractivity contribution in [2.24, 2.45) is 22.1 Å². The first-order valence-corrected chi connectivity index (χ1v) is 11.0. The molecule has 4 rings (SSSR count). The molecule has 1 aromatic rings. The van der Waals surface area contributed by atoms with Crippen LogP contribution in [0.1, 0.15) is 25.7 Å². The molecule has 3 aliphatic rings. The van der Waals surface area contributed by atoms with Crippen LogP contribution in [0.4, 0.5) is 5.69 Å². The number of hydrogen-bond donors (Lipinski definition) is 1. The standard InChI is InChI=1S/C19H23N3O5S/c23-18-15-3-1-2-4-16(15)19(24)17(18)21-20-13-5-7-14(8-6-13)28(25,26)22-9-11-27-12-10-22/h5-8,15-16,23H,1-4,9-12H2. The lowest BCUT2D eigenvalue weighted by Crippen LogP contribution is -2.40. The fraction of sp³-hybridized carbons (Fsp3) is 0.526. The maximum Gasteiger partial charge on any atom is 0.243 e. The van der Waals surface area contributed by atoms with Gasteiger partial charge in [0.05, 0.1) is 23.8 Å². The summed E-state index contributed by atoms with van der Waals surface area (Å²) < 4.78 is 31.8. The Morgan fingerprint density at radius 3 is 2.29 bits per heavy atom. The second-order valence-electron chi connectivity index (χ2n) is 7.31. The zero-order valence-corrected chi connectivity index (χ0v) is 16.3. The van der Waals surface area contributed by atoms with Crippen LogP contribution in [0.5, 0.6) is 0 Å². The molecule has 2 atom stereocenters. The molecule has 0 spiro atoms. The van der Waals surface area contributed by atoms with E-state index in [1.54, 1.807) is 12.1 Å². The summed E-state index contributed by atoms with van der Waals surface area (Å²) in [5.41, 5.74) is 0.464. The number of Topliss-reactive ketones (excluding diaryl/α,β-unsaturated/α-hetero) is 1. The van der Waals surface area contributed by atoms with Crippen LogP contribution in [-0.2, 0) is 19.6 Å². The third-order valence-corrected chi connectivity index (χ3v) is 7.55. The van der Waals surface area contributed by atoms with E-state index in [4.69, 9.17) is 4.74 Å². The predicted molar refractivity (Wildman–Crippen MR) is 101 cm³/mol. The molecule has 1 N–H and O–H groups in total. The lowest BCUT2D eigenvalue weighted by Gasteiger charge is -2.25. The van der Waals surface area contributed by atoms with Gasteiger partial charge in [0.2, 0.25) is 10.0 Å². The highest BCUT2D eigenvalue weighted by Crippen LogP contribution is 2.43. The van der Waals surface area contributed by atoms with Gasteiger partial charge in [-0.3, -0.25) is 4.79 Å². The minimum absolute atomic E-state index is 0.0434. The summed E-state index contributed by atoms with van der Waals surface area (Å²) in [7, 11) is -3.56. The summed E-state index contributed by atoms with van der Waals surface area (Å²) in [6.07, 6.45) is 3.57. The van der Waals surface area contributed by atoms with E-state index in [9.17, 15) is 18.3 Å². The van der Waals surface area contributed by atoms with Crippen LogP contribution in [0.15, 0.2) is 50.8 Å². The second-order valence-corrected chi connectivity index (χ2v) is 9.24. The van der Waals surface area contributed by atoms with Gasteiger partial charge in [-0.15, -0.1) is 5.11 Å². The monoisotopic (exact) mass is 405 g/mol. The number of allylic oxidation sites excluding steroid dienone is 2. The Morgan fingerprint density at radius 2 is 1.64 bits per heavy atom. The smallest absolute Gasteiger partial charge is 0.243 e. The summed E-state index contributed by atoms with van der Waals surface area (Å²) >= 11 is 0. The molecule has 8 nitrogen and oxygen atoms in total. The molecule has 150 valence electrons. The Hall–Kier alpha value is -2.10. The number of nitrogens with zero attached hydrogens (tertiary/aromatic N) is 3. The molecule has 2 unspecified atom stereocenters. The fourth-order valence-corrected chi connectivity index (χ4v) is 5.49. The molecule has 2 fully saturated rings. The van der Waals surface area contributed by atoms with Gasteiger partial charge < -0.3 is 9.84 Å². The number of fused-ring (bicyclic) bond motifs is 1. The lowest BCUT2D eigenvalue weighted by molar-refractivity contribution is -0.120. The van der Waals surface area contributed by atoms with Gasteiger partial charge in [-0.25, -0.2) is 8.42 Å². The Labute approximate surface area is 164 Å². The number of carbonyl (C=O) groups is 1. The molecular weight excluding hydrogens is 382 g/mol. The van der Waals surface area contributed by atoms with Crippen molar-refractivity contribution < 1.29 is 23.1 Å². The fourth-order valence-electron chi connectivity index (χ4n) is 4.08. The number of aliphatic hydroxyl groups is 1. The van der Waals surface area contributed by atoms with Gasteiger partial charge in [0.25, 0.3) is 0 Å². The van der Waals surface area contributed by atoms with E-state index in [2.05, 4.69) is 10.2 Å². The van der Waals surface area contributed by atoms with E-state index in [0.717, 1.165) is 25.7 Å². The number of azo groups is 1. The molecule has 1 aromatic carbocycles. The average molecular weight is 405 g/mol. The number of aliphatic hydroxyl groups excluding tert-OH is 1. The van der Waals surface area contributed by atoms with Crippen LogP contribution >= 0.6 is 0 Å². The van der Waals surface area contributed by atoms with Gasteiger partial charge in [0.15, 0.2) is 11.5 Å². The summed E-state index contributed by atoms with van der Waals surface area (Å²) in [6.45, 7) is 1.45. The van der Waals surface area contributed by atoms with Crippen LogP contribution in [0.2, 0.25) is 0 Å². The normalized spacial score (nSPS) is 26.8. The minimum atomic E-state index is -3.56. The molecule has 0 amide bonds. The summed E-state index contributed by atoms with van der Waals surface area (Å²) in [5.74, 6) is -0.401. The first-order chi connectivity index (χ1) is 13.5. The number of ketones is 1. The van der Waals surface area contributed by atoms with Crippen molar-refractivity contribution >= 4 is 21.5 Å². The number of ether oxygens (including phenoxy) is 1. The Bertz CT molecular complexity index is 917. The Kier molecular flexibility index (Phi) is 5.31. The molecule has 1 heterocycles. The summed E-state index contributed by atoms with van der Waals surface area (Å²) in [5, 5.41) is 18.4. The molecule has 0 radical (unpaired) electrons. The van der Waals surface area contributed by atoms with E-state index in [1.807, 2.05) is 0 Å². The van der Waals surface area contributed by atoms with E-state index in [0.29, 0.717) is 32.0 Å². The van der Waals surface area contributed by atoms with Gasteiger partial charge in [-0.1, -0.05) is 12.8 Å². The molecular formula is C19H23N3O5S. The number of hydrogen-bond acceptors (Lipinski definition) is 7. The summed E-state index contributed by atoms with van der Waals surface area (Å²) in [6, 6.07) is 6.04. The van der Waals surface area contributed by atoms with Crippen molar-refractivity contribution in [1.29, 1.82) is 0 Å². The Balaban J connectivity index is 1.50. The summed E-state index contributed by atoms with van der Waals surface area (Å²) in [4.78, 5) is 12.6. The highest BCUT2D eigenvalue weighted by Gasteiger charge is 2.43. The van der Waals surface area contributed by atoms with Crippen LogP contribution < -0.4 is 0 Å². The van der Waals surface area contributed by atoms with E-state index >= 15 is 0 Å². The predicted octanol–water partition coefficient (Wildman–Crippen LogP) is 2.95. The molecule has 9 heteroatoms. The maximum atomic E-state index is 12.6. The first kappa shape index (κ1) is 19.2. The SMILES string of the molecule is O=C1C(N=Nc2ccc(S(=O)(=O)N3CCOCC3)cc2)=C(O)C2CCCCC12. The quantitative estimate of drug-likeness (QED) is 0.775. The zero-order chi connectivity index (χ0) is 19.7. The number of rotatable bonds is 4. The number of sulfonamides is 1. The zero-order valence-electron chi connectivity index (χ0n) is 15.5. The number of carbonyl (C=O) groups excluding carboxylic acids is 1. The van der Waals surface area contributed by atoms with Crippen molar-refractivity contribution in [1.82, 2.24) is 4.31 Å². The maximum absolute atomic E-state index is 12.6. The molecule has 1 saturated carbocycles. The third kappa shape index (κ3) is 3.49. The Morgan fingerprint density at radius 1 is 1.00 bits per heavy atom. The van der Waals surface area contributed by atoms with Crippen molar-refractivity contribution in [3.8, 4) is 0 Å². The molecule has 28 heavy (non-hydrogen) atoms. The second kappa shape index (κ2) is 7.73. The van der Waals surface area contributed by atoms with Gasteiger partial charge in [-0.05, 0) is 37.1 Å². The topological polar surface area (TPSA) is 109 Å². The molecule has 1 saturated heterocycles. The van der Waals surface area contributed by atoms with Crippen LogP contribution in [0, 0.1) is 11.8 Å². The average Bonchev–Trinajstić information content (AvgIpc) is 2.98. The number of benzene rings is 1. The highest BCUT2D eigenvalue weighted by molar-refractivity contribution is 7.89. The van der Waals surface area contributed by atoms with Crippen molar-refractivity contribution in [3.63, 3.8) is 0 Å². The minimum Gasteiger partial charge on any atom is -0.510 e. The van der Waals surface area contributed by atoms with Crippen LogP contribution in [0.3, 0.4) is 0 Å². The third-order valence-electron chi connectivity index (χ3n) is 5.64. The van der Waals surface area contributed by atoms with Gasteiger partial charge in [-0.2, -0.15) is 9.42 Å². The largest absolute Gasteiger partial charge is 0.510 e. The van der Waals surface area contributed by atoms with Gasteiger partial charge >= 0.3 is 0 Å². The van der Waals surface area contributed by atoms with Crippen molar-refractivity contribution in [2.75, 3.05) is 26.3 Å². The van der Waals surface area contributed by atoms with E-state index < -0.39 is 10.0 Å². The molecule has 0 bridgehead atoms. The van der Waals surface area contributed by atoms with E-state index in [1.165, 1.54) is 16.4 Å². The molecule has 1 aliphatic heterocycles. The number of morpholine rings is 1. The van der Waals surface area contributed by atoms with Crippen molar-refractivity contribution in [3.05, 3.63) is 35.7 Å². The van der Waals surface area contributed by atoms with Gasteiger partial charge in [0, 0.05) is 24.9 Å². The van der Waals surface area contributed by atoms with Crippen molar-refractivity contribution in [2.45, 2.75) is 30.6 Å². The van der Waals surface area contributed by atoms with Crippen LogP contribution in [-0.4, -0.2) is 49.9 Å². The molecule has 0 aromatic heterocycles. The van der Waals surface area contributed by atoms with E-state index in [-0.39, 0.29) is 34.0 Å². The van der Waals surface area contributed by atoms with Crippen LogP contribution in [0.25, 0.3) is 0 Å². The highest BCUT2D eigenvalue weighted by atomic mass is 32.2.